The second-order valence-electron chi connectivity index (χ2n) is 9.10. The molecule has 0 saturated carbocycles. The molecule has 3 aromatic carbocycles. The van der Waals surface area contributed by atoms with Gasteiger partial charge in [0.1, 0.15) is 12.2 Å². The number of imide groups is 2. The molecule has 0 unspecified atom stereocenters. The zero-order chi connectivity index (χ0) is 29.4. The van der Waals surface area contributed by atoms with Gasteiger partial charge in [0.25, 0.3) is 11.8 Å². The molecule has 1 aliphatic heterocycles. The molecule has 3 aromatic rings. The molecule has 10 heteroatoms. The number of amides is 4. The summed E-state index contributed by atoms with van der Waals surface area (Å²) in [4.78, 5) is 39.6. The van der Waals surface area contributed by atoms with Crippen LogP contribution in [0, 0.1) is 0 Å². The number of rotatable bonds is 12. The van der Waals surface area contributed by atoms with E-state index in [-0.39, 0.29) is 12.1 Å². The molecule has 1 N–H and O–H groups in total. The number of barbiturate groups is 1. The van der Waals surface area contributed by atoms with Crippen LogP contribution in [0.4, 0.5) is 4.79 Å². The second-order valence-corrected chi connectivity index (χ2v) is 9.53. The Morgan fingerprint density at radius 2 is 1.54 bits per heavy atom. The number of halogens is 1. The maximum absolute atomic E-state index is 13.3. The molecule has 0 atom stereocenters. The average Bonchev–Trinajstić information content (AvgIpc) is 2.97. The smallest absolute Gasteiger partial charge is 0.331 e. The molecule has 0 aromatic heterocycles. The van der Waals surface area contributed by atoms with E-state index in [9.17, 15) is 14.4 Å². The van der Waals surface area contributed by atoms with Crippen molar-refractivity contribution in [2.24, 2.45) is 0 Å². The van der Waals surface area contributed by atoms with Crippen LogP contribution in [-0.2, 0) is 22.7 Å². The van der Waals surface area contributed by atoms with Crippen molar-refractivity contribution < 1.29 is 33.3 Å². The van der Waals surface area contributed by atoms with Crippen LogP contribution in [0.25, 0.3) is 6.08 Å². The lowest BCUT2D eigenvalue weighted by molar-refractivity contribution is -0.130. The van der Waals surface area contributed by atoms with Crippen LogP contribution in [0.3, 0.4) is 0 Å². The zero-order valence-corrected chi connectivity index (χ0v) is 23.8. The molecule has 4 amide bonds. The Morgan fingerprint density at radius 3 is 2.24 bits per heavy atom. The van der Waals surface area contributed by atoms with E-state index in [4.69, 9.17) is 30.5 Å². The van der Waals surface area contributed by atoms with Gasteiger partial charge in [0, 0.05) is 5.02 Å². The van der Waals surface area contributed by atoms with E-state index in [1.807, 2.05) is 26.0 Å². The summed E-state index contributed by atoms with van der Waals surface area (Å²) in [7, 11) is 1.50. The Kier molecular flexibility index (Phi) is 9.86. The highest BCUT2D eigenvalue weighted by molar-refractivity contribution is 6.31. The lowest BCUT2D eigenvalue weighted by Crippen LogP contribution is -2.53. The predicted octanol–water partition coefficient (Wildman–Crippen LogP) is 5.78. The van der Waals surface area contributed by atoms with Crippen LogP contribution in [0.15, 0.2) is 66.2 Å². The number of methoxy groups -OCH3 is 1. The number of carbonyl (C=O) groups excluding carboxylic acids is 3. The van der Waals surface area contributed by atoms with Crippen molar-refractivity contribution in [2.45, 2.75) is 33.4 Å². The standard InChI is InChI=1S/C31H31ClN2O7/c1-4-14-40-26-13-9-22(17-28(26)39-5-2)18-34-30(36)24(29(35)33-31(34)37)15-21-8-12-25(27(16-21)38-3)41-19-20-6-10-23(32)11-7-20/h6-13,15-17H,4-5,14,18-19H2,1-3H3,(H,33,35,37)/b24-15+. The predicted molar refractivity (Wildman–Crippen MR) is 154 cm³/mol. The van der Waals surface area contributed by atoms with Gasteiger partial charge >= 0.3 is 6.03 Å². The maximum Gasteiger partial charge on any atom is 0.331 e. The highest BCUT2D eigenvalue weighted by atomic mass is 35.5. The van der Waals surface area contributed by atoms with E-state index < -0.39 is 17.8 Å². The molecule has 0 radical (unpaired) electrons. The third-order valence-corrected chi connectivity index (χ3v) is 6.35. The topological polar surface area (TPSA) is 103 Å². The molecule has 9 nitrogen and oxygen atoms in total. The van der Waals surface area contributed by atoms with Crippen LogP contribution in [0.2, 0.25) is 5.02 Å². The van der Waals surface area contributed by atoms with E-state index in [0.717, 1.165) is 16.9 Å². The van der Waals surface area contributed by atoms with Gasteiger partial charge in [0.15, 0.2) is 23.0 Å². The average molecular weight is 579 g/mol. The lowest BCUT2D eigenvalue weighted by Gasteiger charge is -2.26. The van der Waals surface area contributed by atoms with E-state index in [0.29, 0.717) is 59.0 Å². The molecular weight excluding hydrogens is 548 g/mol. The SMILES string of the molecule is CCCOc1ccc(CN2C(=O)NC(=O)/C(=C\c3ccc(OCc4ccc(Cl)cc4)c(OC)c3)C2=O)cc1OCC. The Hall–Kier alpha value is -4.50. The van der Waals surface area contributed by atoms with Crippen LogP contribution < -0.4 is 24.3 Å². The van der Waals surface area contributed by atoms with E-state index in [2.05, 4.69) is 5.32 Å². The summed E-state index contributed by atoms with van der Waals surface area (Å²) < 4.78 is 22.8. The zero-order valence-electron chi connectivity index (χ0n) is 23.1. The van der Waals surface area contributed by atoms with Gasteiger partial charge in [-0.1, -0.05) is 42.8 Å². The van der Waals surface area contributed by atoms with E-state index in [1.165, 1.54) is 13.2 Å². The van der Waals surface area contributed by atoms with Crippen molar-refractivity contribution in [3.63, 3.8) is 0 Å². The van der Waals surface area contributed by atoms with Gasteiger partial charge in [-0.25, -0.2) is 4.79 Å². The van der Waals surface area contributed by atoms with Gasteiger partial charge in [-0.2, -0.15) is 0 Å². The first-order valence-electron chi connectivity index (χ1n) is 13.2. The molecule has 1 aliphatic rings. The number of hydrogen-bond donors (Lipinski definition) is 1. The first kappa shape index (κ1) is 29.5. The molecule has 4 rings (SSSR count). The summed E-state index contributed by atoms with van der Waals surface area (Å²) in [5.41, 5.74) is 1.89. The fourth-order valence-corrected chi connectivity index (χ4v) is 4.20. The summed E-state index contributed by atoms with van der Waals surface area (Å²) in [6, 6.07) is 16.7. The number of benzene rings is 3. The molecular formula is C31H31ClN2O7. The van der Waals surface area contributed by atoms with Crippen molar-refractivity contribution in [2.75, 3.05) is 20.3 Å². The molecule has 0 bridgehead atoms. The van der Waals surface area contributed by atoms with Gasteiger partial charge in [0.05, 0.1) is 26.9 Å². The van der Waals surface area contributed by atoms with Crippen LogP contribution in [-0.4, -0.2) is 43.1 Å². The van der Waals surface area contributed by atoms with Gasteiger partial charge < -0.3 is 18.9 Å². The number of carbonyl (C=O) groups is 3. The molecule has 1 saturated heterocycles. The van der Waals surface area contributed by atoms with Gasteiger partial charge in [-0.05, 0) is 72.5 Å². The van der Waals surface area contributed by atoms with Gasteiger partial charge in [0.2, 0.25) is 0 Å². The number of ether oxygens (including phenoxy) is 4. The van der Waals surface area contributed by atoms with Crippen LogP contribution in [0.5, 0.6) is 23.0 Å². The normalized spacial score (nSPS) is 14.2. The molecule has 1 heterocycles. The highest BCUT2D eigenvalue weighted by Crippen LogP contribution is 2.32. The summed E-state index contributed by atoms with van der Waals surface area (Å²) in [5.74, 6) is 0.496. The molecule has 214 valence electrons. The maximum atomic E-state index is 13.3. The van der Waals surface area contributed by atoms with Gasteiger partial charge in [-0.3, -0.25) is 19.8 Å². The minimum absolute atomic E-state index is 0.0653. The Balaban J connectivity index is 1.53. The fourth-order valence-electron chi connectivity index (χ4n) is 4.07. The lowest BCUT2D eigenvalue weighted by atomic mass is 10.1. The van der Waals surface area contributed by atoms with Crippen molar-refractivity contribution in [1.82, 2.24) is 10.2 Å². The Morgan fingerprint density at radius 1 is 0.829 bits per heavy atom. The largest absolute Gasteiger partial charge is 0.493 e. The van der Waals surface area contributed by atoms with E-state index in [1.54, 1.807) is 48.5 Å². The van der Waals surface area contributed by atoms with Crippen molar-refractivity contribution >= 4 is 35.5 Å². The van der Waals surface area contributed by atoms with Crippen molar-refractivity contribution in [3.8, 4) is 23.0 Å². The molecule has 41 heavy (non-hydrogen) atoms. The first-order chi connectivity index (χ1) is 19.8. The summed E-state index contributed by atoms with van der Waals surface area (Å²) in [6.07, 6.45) is 2.25. The minimum Gasteiger partial charge on any atom is -0.493 e. The van der Waals surface area contributed by atoms with Crippen LogP contribution >= 0.6 is 11.6 Å². The minimum atomic E-state index is -0.801. The first-order valence-corrected chi connectivity index (χ1v) is 13.5. The van der Waals surface area contributed by atoms with E-state index >= 15 is 0 Å². The third-order valence-electron chi connectivity index (χ3n) is 6.10. The van der Waals surface area contributed by atoms with Gasteiger partial charge in [-0.15, -0.1) is 0 Å². The Labute approximate surface area is 243 Å². The summed E-state index contributed by atoms with van der Waals surface area (Å²) >= 11 is 5.94. The second kappa shape index (κ2) is 13.7. The highest BCUT2D eigenvalue weighted by Gasteiger charge is 2.36. The van der Waals surface area contributed by atoms with Crippen LogP contribution in [0.1, 0.15) is 37.0 Å². The Bertz CT molecular complexity index is 1450. The number of nitrogens with zero attached hydrogens (tertiary/aromatic N) is 1. The summed E-state index contributed by atoms with van der Waals surface area (Å²) in [6.45, 7) is 5.04. The third kappa shape index (κ3) is 7.37. The monoisotopic (exact) mass is 578 g/mol. The number of nitrogens with one attached hydrogen (secondary N) is 1. The fraction of sp³-hybridized carbons (Fsp3) is 0.258. The number of hydrogen-bond acceptors (Lipinski definition) is 7. The quantitative estimate of drug-likeness (QED) is 0.215. The molecule has 0 aliphatic carbocycles. The molecule has 1 fully saturated rings. The van der Waals surface area contributed by atoms with Crippen molar-refractivity contribution in [1.29, 1.82) is 0 Å². The summed E-state index contributed by atoms with van der Waals surface area (Å²) in [5, 5.41) is 2.88. The van der Waals surface area contributed by atoms with Crippen molar-refractivity contribution in [3.05, 3.63) is 87.9 Å². The molecule has 0 spiro atoms. The number of urea groups is 1.